The molecule has 33 heavy (non-hydrogen) atoms. The van der Waals surface area contributed by atoms with Gasteiger partial charge in [-0.05, 0) is 80.2 Å². The number of aryl methyl sites for hydroxylation is 2. The summed E-state index contributed by atoms with van der Waals surface area (Å²) < 4.78 is 28.1. The monoisotopic (exact) mass is 469 g/mol. The molecule has 0 spiro atoms. The van der Waals surface area contributed by atoms with Gasteiger partial charge < -0.3 is 0 Å². The van der Waals surface area contributed by atoms with Gasteiger partial charge in [0.05, 0.1) is 10.6 Å². The van der Waals surface area contributed by atoms with Crippen LogP contribution in [0.25, 0.3) is 0 Å². The number of hydrogen-bond donors (Lipinski definition) is 1. The maximum Gasteiger partial charge on any atom is 0.264 e. The lowest BCUT2D eigenvalue weighted by Gasteiger charge is -2.34. The summed E-state index contributed by atoms with van der Waals surface area (Å²) in [5, 5.41) is 4.34. The predicted molar refractivity (Wildman–Crippen MR) is 134 cm³/mol. The third-order valence-electron chi connectivity index (χ3n) is 6.38. The molecule has 0 heterocycles. The lowest BCUT2D eigenvalue weighted by atomic mass is 9.72. The Morgan fingerprint density at radius 1 is 1.06 bits per heavy atom. The highest BCUT2D eigenvalue weighted by Gasteiger charge is 2.30. The first kappa shape index (κ1) is 25.0. The number of carbonyl (C=O) groups is 1. The van der Waals surface area contributed by atoms with Crippen molar-refractivity contribution in [2.45, 2.75) is 65.2 Å². The minimum atomic E-state index is -3.93. The molecular weight excluding hydrogens is 434 g/mol. The van der Waals surface area contributed by atoms with Gasteiger partial charge in [-0.3, -0.25) is 9.10 Å². The number of sulfonamides is 1. The molecule has 0 saturated heterocycles. The summed E-state index contributed by atoms with van der Waals surface area (Å²) in [5.41, 5.74) is 6.03. The van der Waals surface area contributed by atoms with Crippen LogP contribution in [0, 0.1) is 25.2 Å². The van der Waals surface area contributed by atoms with Crippen LogP contribution >= 0.6 is 0 Å². The molecule has 1 fully saturated rings. The van der Waals surface area contributed by atoms with E-state index >= 15 is 0 Å². The number of hydrazone groups is 1. The molecule has 0 aliphatic heterocycles. The zero-order chi connectivity index (χ0) is 24.2. The third kappa shape index (κ3) is 6.22. The fourth-order valence-corrected chi connectivity index (χ4v) is 5.74. The van der Waals surface area contributed by atoms with Crippen LogP contribution in [-0.2, 0) is 14.8 Å². The molecule has 0 atom stereocenters. The van der Waals surface area contributed by atoms with Crippen molar-refractivity contribution < 1.29 is 13.2 Å². The molecule has 1 N–H and O–H groups in total. The average Bonchev–Trinajstić information content (AvgIpc) is 2.78. The smallest absolute Gasteiger partial charge is 0.264 e. The van der Waals surface area contributed by atoms with E-state index in [1.165, 1.54) is 4.31 Å². The Morgan fingerprint density at radius 3 is 2.30 bits per heavy atom. The third-order valence-corrected chi connectivity index (χ3v) is 8.15. The zero-order valence-electron chi connectivity index (χ0n) is 20.3. The summed E-state index contributed by atoms with van der Waals surface area (Å²) in [6.45, 7) is 10.2. The Kier molecular flexibility index (Phi) is 7.62. The van der Waals surface area contributed by atoms with Gasteiger partial charge in [-0.2, -0.15) is 5.10 Å². The normalized spacial score (nSPS) is 16.9. The molecule has 3 rings (SSSR count). The molecule has 0 radical (unpaired) electrons. The molecule has 0 bridgehead atoms. The van der Waals surface area contributed by atoms with Crippen molar-refractivity contribution in [1.29, 1.82) is 0 Å². The fraction of sp³-hybridized carbons (Fsp3) is 0.462. The topological polar surface area (TPSA) is 78.8 Å². The van der Waals surface area contributed by atoms with E-state index in [1.54, 1.807) is 36.4 Å². The van der Waals surface area contributed by atoms with Crippen LogP contribution in [0.5, 0.6) is 0 Å². The second-order valence-corrected chi connectivity index (χ2v) is 11.8. The first-order chi connectivity index (χ1) is 15.5. The van der Waals surface area contributed by atoms with Crippen molar-refractivity contribution in [1.82, 2.24) is 5.43 Å². The number of carbonyl (C=O) groups excluding carboxylic acids is 1. The van der Waals surface area contributed by atoms with Gasteiger partial charge in [-0.25, -0.2) is 13.8 Å². The Hall–Kier alpha value is -2.67. The molecular formula is C26H35N3O3S. The van der Waals surface area contributed by atoms with Crippen LogP contribution in [0.3, 0.4) is 0 Å². The van der Waals surface area contributed by atoms with E-state index in [9.17, 15) is 13.2 Å². The number of rotatable bonds is 6. The van der Waals surface area contributed by atoms with E-state index in [1.807, 2.05) is 26.0 Å². The molecule has 1 saturated carbocycles. The maximum atomic E-state index is 13.5. The Morgan fingerprint density at radius 2 is 1.70 bits per heavy atom. The standard InChI is InChI=1S/C26H35N3O3S/c1-19-11-12-20(2)24(17-19)29(33(31,32)23-9-7-6-8-10-23)18-25(30)28-27-22-15-13-21(14-16-22)26(3,4)5/h6-12,17,21H,13-16,18H2,1-5H3,(H,28,30). The molecule has 2 aromatic carbocycles. The number of anilines is 1. The number of nitrogens with one attached hydrogen (secondary N) is 1. The van der Waals surface area contributed by atoms with Crippen molar-refractivity contribution >= 4 is 27.3 Å². The van der Waals surface area contributed by atoms with E-state index in [0.29, 0.717) is 11.6 Å². The summed E-state index contributed by atoms with van der Waals surface area (Å²) >= 11 is 0. The fourth-order valence-electron chi connectivity index (χ4n) is 4.24. The highest BCUT2D eigenvalue weighted by Crippen LogP contribution is 2.36. The molecule has 2 aromatic rings. The minimum Gasteiger partial charge on any atom is -0.271 e. The molecule has 1 aliphatic carbocycles. The number of benzene rings is 2. The van der Waals surface area contributed by atoms with Gasteiger partial charge in [0, 0.05) is 5.71 Å². The average molecular weight is 470 g/mol. The highest BCUT2D eigenvalue weighted by atomic mass is 32.2. The summed E-state index contributed by atoms with van der Waals surface area (Å²) in [7, 11) is -3.93. The number of hydrogen-bond acceptors (Lipinski definition) is 4. The van der Waals surface area contributed by atoms with Crippen LogP contribution in [0.15, 0.2) is 58.5 Å². The van der Waals surface area contributed by atoms with Gasteiger partial charge >= 0.3 is 0 Å². The van der Waals surface area contributed by atoms with Crippen molar-refractivity contribution in [2.24, 2.45) is 16.4 Å². The van der Waals surface area contributed by atoms with Gasteiger partial charge in [0.2, 0.25) is 0 Å². The van der Waals surface area contributed by atoms with Crippen molar-refractivity contribution in [2.75, 3.05) is 10.8 Å². The molecule has 178 valence electrons. The summed E-state index contributed by atoms with van der Waals surface area (Å²) in [5.74, 6) is 0.184. The van der Waals surface area contributed by atoms with Gasteiger partial charge in [0.1, 0.15) is 6.54 Å². The zero-order valence-corrected chi connectivity index (χ0v) is 21.1. The van der Waals surface area contributed by atoms with E-state index in [0.717, 1.165) is 42.5 Å². The molecule has 1 amide bonds. The van der Waals surface area contributed by atoms with Gasteiger partial charge in [0.15, 0.2) is 0 Å². The van der Waals surface area contributed by atoms with E-state index in [2.05, 4.69) is 31.3 Å². The second kappa shape index (κ2) is 10.1. The molecule has 0 unspecified atom stereocenters. The van der Waals surface area contributed by atoms with Gasteiger partial charge in [-0.1, -0.05) is 51.1 Å². The first-order valence-corrected chi connectivity index (χ1v) is 12.9. The van der Waals surface area contributed by atoms with Crippen LogP contribution in [0.4, 0.5) is 5.69 Å². The quantitative estimate of drug-likeness (QED) is 0.590. The Bertz CT molecular complexity index is 1110. The van der Waals surface area contributed by atoms with Crippen LogP contribution in [0.2, 0.25) is 0 Å². The SMILES string of the molecule is Cc1ccc(C)c(N(CC(=O)NN=C2CCC(C(C)(C)C)CC2)S(=O)(=O)c2ccccc2)c1. The van der Waals surface area contributed by atoms with E-state index < -0.39 is 15.9 Å². The van der Waals surface area contributed by atoms with Crippen molar-refractivity contribution in [3.63, 3.8) is 0 Å². The van der Waals surface area contributed by atoms with E-state index in [-0.39, 0.29) is 16.9 Å². The largest absolute Gasteiger partial charge is 0.271 e. The lowest BCUT2D eigenvalue weighted by molar-refractivity contribution is -0.119. The first-order valence-electron chi connectivity index (χ1n) is 11.5. The van der Waals surface area contributed by atoms with Crippen LogP contribution in [0.1, 0.15) is 57.6 Å². The molecule has 7 heteroatoms. The highest BCUT2D eigenvalue weighted by molar-refractivity contribution is 7.92. The summed E-state index contributed by atoms with van der Waals surface area (Å²) in [6, 6.07) is 13.8. The summed E-state index contributed by atoms with van der Waals surface area (Å²) in [6.07, 6.45) is 3.81. The van der Waals surface area contributed by atoms with Crippen LogP contribution < -0.4 is 9.73 Å². The molecule has 0 aromatic heterocycles. The van der Waals surface area contributed by atoms with Crippen molar-refractivity contribution in [3.8, 4) is 0 Å². The number of amides is 1. The lowest BCUT2D eigenvalue weighted by Crippen LogP contribution is -2.40. The summed E-state index contributed by atoms with van der Waals surface area (Å²) in [4.78, 5) is 13.0. The molecule has 6 nitrogen and oxygen atoms in total. The second-order valence-electron chi connectivity index (χ2n) is 9.97. The van der Waals surface area contributed by atoms with Crippen LogP contribution in [-0.4, -0.2) is 26.6 Å². The van der Waals surface area contributed by atoms with Gasteiger partial charge in [0.25, 0.3) is 15.9 Å². The van der Waals surface area contributed by atoms with Crippen molar-refractivity contribution in [3.05, 3.63) is 59.7 Å². The Labute approximate surface area is 198 Å². The maximum absolute atomic E-state index is 13.5. The van der Waals surface area contributed by atoms with E-state index in [4.69, 9.17) is 0 Å². The predicted octanol–water partition coefficient (Wildman–Crippen LogP) is 5.21. The van der Waals surface area contributed by atoms with Gasteiger partial charge in [-0.15, -0.1) is 0 Å². The number of nitrogens with zero attached hydrogens (tertiary/aromatic N) is 2. The molecule has 1 aliphatic rings. The minimum absolute atomic E-state index is 0.144. The Balaban J connectivity index is 1.80.